The average Bonchev–Trinajstić information content (AvgIpc) is 2.73. The number of nitrogens with zero attached hydrogens (tertiary/aromatic N) is 1. The summed E-state index contributed by atoms with van der Waals surface area (Å²) in [4.78, 5) is 14.2. The summed E-state index contributed by atoms with van der Waals surface area (Å²) in [5.74, 6) is 2.28. The van der Waals surface area contributed by atoms with Gasteiger partial charge in [-0.3, -0.25) is 4.90 Å². The van der Waals surface area contributed by atoms with E-state index in [0.717, 1.165) is 45.7 Å². The Morgan fingerprint density at radius 1 is 1.07 bits per heavy atom. The van der Waals surface area contributed by atoms with Crippen molar-refractivity contribution in [3.8, 4) is 17.2 Å². The maximum Gasteiger partial charge on any atom is 0.336 e. The van der Waals surface area contributed by atoms with Gasteiger partial charge in [0.05, 0.1) is 19.8 Å². The van der Waals surface area contributed by atoms with E-state index < -0.39 is 0 Å². The van der Waals surface area contributed by atoms with Crippen molar-refractivity contribution in [1.29, 1.82) is 0 Å². The summed E-state index contributed by atoms with van der Waals surface area (Å²) in [7, 11) is 3.28. The molecule has 0 saturated heterocycles. The molecule has 1 aliphatic heterocycles. The molecule has 28 heavy (non-hydrogen) atoms. The number of rotatable bonds is 5. The number of ether oxygens (including phenoxy) is 3. The molecule has 6 nitrogen and oxygen atoms in total. The Kier molecular flexibility index (Phi) is 4.96. The molecule has 6 heteroatoms. The molecule has 0 spiro atoms. The van der Waals surface area contributed by atoms with Crippen LogP contribution in [0.2, 0.25) is 0 Å². The molecule has 146 valence electrons. The van der Waals surface area contributed by atoms with Crippen LogP contribution < -0.4 is 19.8 Å². The third kappa shape index (κ3) is 3.31. The van der Waals surface area contributed by atoms with E-state index in [2.05, 4.69) is 4.90 Å². The minimum atomic E-state index is -0.327. The van der Waals surface area contributed by atoms with Gasteiger partial charge in [-0.1, -0.05) is 13.0 Å². The molecule has 0 saturated carbocycles. The molecule has 0 unspecified atom stereocenters. The van der Waals surface area contributed by atoms with Crippen LogP contribution >= 0.6 is 0 Å². The minimum absolute atomic E-state index is 0.327. The van der Waals surface area contributed by atoms with Crippen molar-refractivity contribution in [3.05, 3.63) is 63.5 Å². The van der Waals surface area contributed by atoms with Gasteiger partial charge in [0, 0.05) is 36.2 Å². The minimum Gasteiger partial charge on any atom is -0.497 e. The maximum atomic E-state index is 12.0. The lowest BCUT2D eigenvalue weighted by Gasteiger charge is -2.29. The van der Waals surface area contributed by atoms with E-state index >= 15 is 0 Å². The fraction of sp³-hybridized carbons (Fsp3) is 0.318. The first-order valence-corrected chi connectivity index (χ1v) is 9.27. The van der Waals surface area contributed by atoms with Crippen molar-refractivity contribution in [2.75, 3.05) is 21.0 Å². The van der Waals surface area contributed by atoms with Gasteiger partial charge in [-0.15, -0.1) is 0 Å². The second-order valence-corrected chi connectivity index (χ2v) is 6.80. The SMILES string of the molecule is CCc1cc(=O)oc2c3c(ccc12)OCN(Cc1ccc(OC)cc1OC)C3. The van der Waals surface area contributed by atoms with Gasteiger partial charge in [0.2, 0.25) is 0 Å². The van der Waals surface area contributed by atoms with E-state index in [1.54, 1.807) is 20.3 Å². The quantitative estimate of drug-likeness (QED) is 0.628. The first kappa shape index (κ1) is 18.4. The van der Waals surface area contributed by atoms with Gasteiger partial charge in [0.1, 0.15) is 29.6 Å². The molecule has 0 atom stereocenters. The Balaban J connectivity index is 1.68. The number of hydrogen-bond donors (Lipinski definition) is 0. The highest BCUT2D eigenvalue weighted by molar-refractivity contribution is 5.85. The normalized spacial score (nSPS) is 13.8. The summed E-state index contributed by atoms with van der Waals surface area (Å²) in [5.41, 5.74) is 3.22. The van der Waals surface area contributed by atoms with Crippen molar-refractivity contribution in [2.24, 2.45) is 0 Å². The summed E-state index contributed by atoms with van der Waals surface area (Å²) >= 11 is 0. The van der Waals surface area contributed by atoms with Crippen LogP contribution in [0.25, 0.3) is 11.0 Å². The second kappa shape index (κ2) is 7.56. The summed E-state index contributed by atoms with van der Waals surface area (Å²) in [6.07, 6.45) is 0.772. The van der Waals surface area contributed by atoms with Crippen LogP contribution in [-0.2, 0) is 19.5 Å². The Morgan fingerprint density at radius 3 is 2.68 bits per heavy atom. The summed E-state index contributed by atoms with van der Waals surface area (Å²) < 4.78 is 22.3. The topological polar surface area (TPSA) is 61.1 Å². The molecule has 3 aromatic rings. The lowest BCUT2D eigenvalue weighted by Crippen LogP contribution is -2.31. The highest BCUT2D eigenvalue weighted by atomic mass is 16.5. The maximum absolute atomic E-state index is 12.0. The molecule has 1 aliphatic rings. The molecule has 1 aromatic heterocycles. The smallest absolute Gasteiger partial charge is 0.336 e. The van der Waals surface area contributed by atoms with Gasteiger partial charge < -0.3 is 18.6 Å². The van der Waals surface area contributed by atoms with E-state index in [1.807, 2.05) is 37.3 Å². The predicted octanol–water partition coefficient (Wildman–Crippen LogP) is 3.72. The number of fused-ring (bicyclic) bond motifs is 3. The predicted molar refractivity (Wildman–Crippen MR) is 106 cm³/mol. The highest BCUT2D eigenvalue weighted by Crippen LogP contribution is 2.34. The van der Waals surface area contributed by atoms with Gasteiger partial charge in [-0.25, -0.2) is 4.79 Å². The van der Waals surface area contributed by atoms with Crippen molar-refractivity contribution in [3.63, 3.8) is 0 Å². The molecular formula is C22H23NO5. The fourth-order valence-corrected chi connectivity index (χ4v) is 3.66. The second-order valence-electron chi connectivity index (χ2n) is 6.80. The highest BCUT2D eigenvalue weighted by Gasteiger charge is 2.23. The molecule has 0 radical (unpaired) electrons. The standard InChI is InChI=1S/C22H23NO5/c1-4-14-9-21(24)28-22-17(14)7-8-19-18(22)12-23(13-27-19)11-15-5-6-16(25-2)10-20(15)26-3/h5-10H,4,11-13H2,1-3H3. The van der Waals surface area contributed by atoms with Crippen LogP contribution in [0.15, 0.2) is 45.6 Å². The molecule has 2 heterocycles. The van der Waals surface area contributed by atoms with Crippen molar-refractivity contribution >= 4 is 11.0 Å². The molecule has 0 amide bonds. The zero-order valence-electron chi connectivity index (χ0n) is 16.3. The van der Waals surface area contributed by atoms with Gasteiger partial charge >= 0.3 is 5.63 Å². The molecular weight excluding hydrogens is 358 g/mol. The third-order valence-electron chi connectivity index (χ3n) is 5.11. The van der Waals surface area contributed by atoms with Crippen molar-refractivity contribution in [2.45, 2.75) is 26.4 Å². The fourth-order valence-electron chi connectivity index (χ4n) is 3.66. The largest absolute Gasteiger partial charge is 0.497 e. The zero-order chi connectivity index (χ0) is 19.7. The molecule has 0 aliphatic carbocycles. The van der Waals surface area contributed by atoms with E-state index in [1.165, 1.54) is 0 Å². The lowest BCUT2D eigenvalue weighted by atomic mass is 10.0. The Hall–Kier alpha value is -2.99. The zero-order valence-corrected chi connectivity index (χ0v) is 16.3. The van der Waals surface area contributed by atoms with Crippen LogP contribution in [0, 0.1) is 0 Å². The summed E-state index contributed by atoms with van der Waals surface area (Å²) in [6.45, 7) is 3.75. The molecule has 4 rings (SSSR count). The average molecular weight is 381 g/mol. The van der Waals surface area contributed by atoms with Gasteiger partial charge in [0.25, 0.3) is 0 Å². The van der Waals surface area contributed by atoms with Gasteiger partial charge in [-0.2, -0.15) is 0 Å². The van der Waals surface area contributed by atoms with Crippen LogP contribution in [-0.4, -0.2) is 25.9 Å². The van der Waals surface area contributed by atoms with Crippen LogP contribution in [0.1, 0.15) is 23.6 Å². The molecule has 0 bridgehead atoms. The first-order chi connectivity index (χ1) is 13.6. The number of benzene rings is 2. The Morgan fingerprint density at radius 2 is 1.93 bits per heavy atom. The number of aryl methyl sites for hydroxylation is 1. The van der Waals surface area contributed by atoms with Crippen molar-refractivity contribution < 1.29 is 18.6 Å². The summed E-state index contributed by atoms with van der Waals surface area (Å²) in [6, 6.07) is 11.3. The van der Waals surface area contributed by atoms with Crippen LogP contribution in [0.3, 0.4) is 0 Å². The van der Waals surface area contributed by atoms with Crippen LogP contribution in [0.5, 0.6) is 17.2 Å². The first-order valence-electron chi connectivity index (χ1n) is 9.27. The van der Waals surface area contributed by atoms with E-state index in [9.17, 15) is 4.79 Å². The van der Waals surface area contributed by atoms with Gasteiger partial charge in [0.15, 0.2) is 0 Å². The molecule has 2 aromatic carbocycles. The Labute approximate surface area is 163 Å². The summed E-state index contributed by atoms with van der Waals surface area (Å²) in [5, 5.41) is 0.966. The molecule has 0 fully saturated rings. The van der Waals surface area contributed by atoms with E-state index in [-0.39, 0.29) is 5.63 Å². The van der Waals surface area contributed by atoms with Crippen LogP contribution in [0.4, 0.5) is 0 Å². The number of hydrogen-bond acceptors (Lipinski definition) is 6. The lowest BCUT2D eigenvalue weighted by molar-refractivity contribution is 0.0882. The van der Waals surface area contributed by atoms with E-state index in [4.69, 9.17) is 18.6 Å². The number of methoxy groups -OCH3 is 2. The van der Waals surface area contributed by atoms with Gasteiger partial charge in [-0.05, 0) is 30.2 Å². The van der Waals surface area contributed by atoms with Crippen molar-refractivity contribution in [1.82, 2.24) is 4.90 Å². The van der Waals surface area contributed by atoms with E-state index in [0.29, 0.717) is 25.4 Å². The monoisotopic (exact) mass is 381 g/mol. The molecule has 0 N–H and O–H groups in total. The third-order valence-corrected chi connectivity index (χ3v) is 5.11. The Bertz CT molecular complexity index is 1070.